The van der Waals surface area contributed by atoms with Crippen molar-refractivity contribution in [3.05, 3.63) is 132 Å². The third kappa shape index (κ3) is 10.7. The molecule has 66 heavy (non-hydrogen) atoms. The van der Waals surface area contributed by atoms with Gasteiger partial charge in [-0.2, -0.15) is 21.4 Å². The molecule has 0 saturated carbocycles. The first kappa shape index (κ1) is 50.4. The smallest absolute Gasteiger partial charge is 0.264 e. The topological polar surface area (TPSA) is 177 Å². The molecule has 4 aromatic carbocycles. The standard InChI is InChI=1S/C49H52Br2N4O6S4.H3N/c1-31-52-53-47(62-31)63-46-32(15-23-42-48(2,3)44-38-19-17-36(50)29-34(38)13-21-40(44)54(42)25-6-8-27-64(56,57)58)11-10-12-33(46)16-24-43-49(4,5)45-39-20-18-37(51)30-35(39)14-22-41(45)55(43)26-7-9-28-65(59,60)61;/h13-24,29-30H,6-12,25-28H2,1-5H3,(H-,56,57,58,59,60,61);1H3/p+2. The molecule has 11 nitrogen and oxygen atoms in total. The summed E-state index contributed by atoms with van der Waals surface area (Å²) in [6.07, 6.45) is 13.6. The first-order valence-electron chi connectivity index (χ1n) is 21.8. The number of rotatable bonds is 15. The minimum Gasteiger partial charge on any atom is -0.369 e. The highest BCUT2D eigenvalue weighted by Crippen LogP contribution is 2.52. The second-order valence-corrected chi connectivity index (χ2v) is 25.5. The van der Waals surface area contributed by atoms with E-state index in [1.807, 2.05) is 6.92 Å². The number of halogens is 2. The molecule has 3 heterocycles. The molecule has 0 amide bonds. The van der Waals surface area contributed by atoms with Gasteiger partial charge in [-0.25, -0.2) is 0 Å². The summed E-state index contributed by atoms with van der Waals surface area (Å²) in [5, 5.41) is 14.4. The second-order valence-electron chi connectivity index (χ2n) is 18.0. The molecule has 5 aromatic rings. The van der Waals surface area contributed by atoms with Gasteiger partial charge in [0.15, 0.2) is 10.1 Å². The number of unbranched alkanes of at least 4 members (excludes halogenated alkanes) is 2. The minimum absolute atomic E-state index is 0. The van der Waals surface area contributed by atoms with E-state index in [-0.39, 0.29) is 17.7 Å². The molecule has 0 saturated heterocycles. The van der Waals surface area contributed by atoms with Crippen molar-refractivity contribution < 1.29 is 30.5 Å². The predicted molar refractivity (Wildman–Crippen MR) is 280 cm³/mol. The Morgan fingerprint density at radius 3 is 2.06 bits per heavy atom. The monoisotopic (exact) mass is 1100 g/mol. The highest BCUT2D eigenvalue weighted by atomic mass is 79.9. The highest BCUT2D eigenvalue weighted by molar-refractivity contribution is 9.10. The molecule has 0 spiro atoms. The van der Waals surface area contributed by atoms with Gasteiger partial charge in [0.2, 0.25) is 5.69 Å². The lowest BCUT2D eigenvalue weighted by molar-refractivity contribution is -0.438. The molecular weight excluding hydrogens is 1040 g/mol. The molecule has 0 fully saturated rings. The second kappa shape index (κ2) is 19.8. The van der Waals surface area contributed by atoms with E-state index < -0.39 is 31.1 Å². The van der Waals surface area contributed by atoms with Gasteiger partial charge in [-0.15, -0.1) is 10.2 Å². The fourth-order valence-electron chi connectivity index (χ4n) is 9.84. The largest absolute Gasteiger partial charge is 0.369 e. The van der Waals surface area contributed by atoms with Crippen LogP contribution in [0.1, 0.15) is 88.8 Å². The maximum absolute atomic E-state index is 11.7. The van der Waals surface area contributed by atoms with Crippen LogP contribution in [0.5, 0.6) is 0 Å². The van der Waals surface area contributed by atoms with Gasteiger partial charge in [-0.05, 0) is 140 Å². The summed E-state index contributed by atoms with van der Waals surface area (Å²) in [4.78, 5) is 3.48. The summed E-state index contributed by atoms with van der Waals surface area (Å²) in [5.74, 6) is -0.553. The van der Waals surface area contributed by atoms with Crippen molar-refractivity contribution in [2.45, 2.75) is 94.7 Å². The first-order chi connectivity index (χ1) is 30.7. The number of hydrogen-bond donors (Lipinski definition) is 3. The number of aryl methyl sites for hydroxylation is 1. The number of nitrogens with zero attached hydrogens (tertiary/aromatic N) is 4. The Kier molecular flexibility index (Phi) is 15.1. The van der Waals surface area contributed by atoms with E-state index in [1.54, 1.807) is 23.1 Å². The normalized spacial score (nSPS) is 18.3. The van der Waals surface area contributed by atoms with Gasteiger partial charge >= 0.3 is 0 Å². The summed E-state index contributed by atoms with van der Waals surface area (Å²) in [6, 6.07) is 21.4. The number of aromatic nitrogens is 2. The summed E-state index contributed by atoms with van der Waals surface area (Å²) < 4.78 is 70.9. The van der Waals surface area contributed by atoms with Crippen LogP contribution in [0.2, 0.25) is 0 Å². The summed E-state index contributed by atoms with van der Waals surface area (Å²) in [5.41, 5.74) is 8.50. The van der Waals surface area contributed by atoms with Crippen LogP contribution in [-0.4, -0.2) is 71.0 Å². The number of thioether (sulfide) groups is 1. The van der Waals surface area contributed by atoms with Crippen LogP contribution in [0.3, 0.4) is 0 Å². The van der Waals surface area contributed by atoms with Crippen LogP contribution in [-0.2, 0) is 31.1 Å². The molecular formula is C49H57Br2N5O6S4+2. The Labute approximate surface area is 413 Å². The maximum atomic E-state index is 11.7. The Morgan fingerprint density at radius 2 is 1.42 bits per heavy atom. The molecule has 0 atom stereocenters. The van der Waals surface area contributed by atoms with E-state index in [0.717, 1.165) is 76.0 Å². The van der Waals surface area contributed by atoms with Crippen LogP contribution in [0.4, 0.5) is 11.4 Å². The molecule has 0 bridgehead atoms. The zero-order valence-corrected chi connectivity index (χ0v) is 44.5. The molecule has 2 aliphatic heterocycles. The minimum atomic E-state index is -4.07. The van der Waals surface area contributed by atoms with Crippen LogP contribution in [0.15, 0.2) is 120 Å². The molecule has 8 rings (SSSR count). The SMILES string of the molecule is Cc1nnc(SC2=C(/C=C/C3=[N+](CCCCS(=O)(=O)O)c4ccc5cc(Br)ccc5c4C3(C)C)CCC/C2=C\C=C2\N(CCCCS(=O)(=O)O)c3ccc4cc(Br)ccc4c3C2(C)C)s1.[NH4+]. The van der Waals surface area contributed by atoms with Crippen LogP contribution in [0, 0.1) is 6.92 Å². The third-order valence-corrected chi connectivity index (χ3v) is 17.5. The number of allylic oxidation sites excluding steroid dienone is 7. The lowest BCUT2D eigenvalue weighted by Gasteiger charge is -2.27. The summed E-state index contributed by atoms with van der Waals surface area (Å²) in [7, 11) is -8.14. The fourth-order valence-corrected chi connectivity index (χ4v) is 13.8. The number of fused-ring (bicyclic) bond motifs is 6. The van der Waals surface area contributed by atoms with Gasteiger partial charge in [-0.1, -0.05) is 99.2 Å². The average Bonchev–Trinajstić information content (AvgIpc) is 3.81. The van der Waals surface area contributed by atoms with Crippen LogP contribution in [0.25, 0.3) is 21.5 Å². The van der Waals surface area contributed by atoms with E-state index in [9.17, 15) is 25.9 Å². The number of benzene rings is 4. The third-order valence-electron chi connectivity index (χ3n) is 12.7. The van der Waals surface area contributed by atoms with Gasteiger partial charge in [-0.3, -0.25) is 9.11 Å². The van der Waals surface area contributed by atoms with Crippen molar-refractivity contribution in [3.8, 4) is 0 Å². The van der Waals surface area contributed by atoms with E-state index in [4.69, 9.17) is 0 Å². The summed E-state index contributed by atoms with van der Waals surface area (Å²) >= 11 is 10.5. The Morgan fingerprint density at radius 1 is 0.788 bits per heavy atom. The van der Waals surface area contributed by atoms with Gasteiger partial charge < -0.3 is 11.1 Å². The maximum Gasteiger partial charge on any atom is 0.264 e. The van der Waals surface area contributed by atoms with Crippen LogP contribution < -0.4 is 11.1 Å². The predicted octanol–water partition coefficient (Wildman–Crippen LogP) is 13.2. The van der Waals surface area contributed by atoms with Crippen molar-refractivity contribution in [1.82, 2.24) is 16.3 Å². The molecule has 350 valence electrons. The van der Waals surface area contributed by atoms with E-state index in [2.05, 4.69) is 164 Å². The van der Waals surface area contributed by atoms with Gasteiger partial charge in [0.1, 0.15) is 11.6 Å². The van der Waals surface area contributed by atoms with Crippen molar-refractivity contribution >= 4 is 114 Å². The molecule has 17 heteroatoms. The number of anilines is 1. The van der Waals surface area contributed by atoms with E-state index in [1.165, 1.54) is 33.0 Å². The first-order valence-corrected chi connectivity index (χ1v) is 28.2. The van der Waals surface area contributed by atoms with Gasteiger partial charge in [0, 0.05) is 61.3 Å². The molecule has 0 radical (unpaired) electrons. The average molecular weight is 1100 g/mol. The number of hydrogen-bond acceptors (Lipinski definition) is 9. The lowest BCUT2D eigenvalue weighted by atomic mass is 9.78. The zero-order valence-electron chi connectivity index (χ0n) is 38.1. The molecule has 1 aliphatic carbocycles. The Balaban J connectivity index is 0.00000648. The van der Waals surface area contributed by atoms with Crippen molar-refractivity contribution in [2.24, 2.45) is 0 Å². The zero-order chi connectivity index (χ0) is 46.5. The quantitative estimate of drug-likeness (QED) is 0.0519. The Bertz CT molecular complexity index is 3120. The summed E-state index contributed by atoms with van der Waals surface area (Å²) in [6.45, 7) is 12.2. The molecule has 3 aliphatic rings. The van der Waals surface area contributed by atoms with Crippen molar-refractivity contribution in [1.29, 1.82) is 0 Å². The van der Waals surface area contributed by atoms with Gasteiger partial charge in [0.05, 0.1) is 16.9 Å². The van der Waals surface area contributed by atoms with Crippen molar-refractivity contribution in [3.63, 3.8) is 0 Å². The van der Waals surface area contributed by atoms with E-state index in [0.29, 0.717) is 38.8 Å². The highest BCUT2D eigenvalue weighted by Gasteiger charge is 2.46. The number of quaternary nitrogens is 1. The molecule has 6 N–H and O–H groups in total. The molecule has 0 unspecified atom stereocenters. The fraction of sp³-hybridized carbons (Fsp3) is 0.367. The van der Waals surface area contributed by atoms with Crippen LogP contribution >= 0.6 is 55.0 Å². The Hall–Kier alpha value is -3.52. The van der Waals surface area contributed by atoms with Gasteiger partial charge in [0.25, 0.3) is 20.2 Å². The van der Waals surface area contributed by atoms with E-state index >= 15 is 0 Å². The molecule has 1 aromatic heterocycles. The lowest BCUT2D eigenvalue weighted by Crippen LogP contribution is -2.28. The van der Waals surface area contributed by atoms with Crippen molar-refractivity contribution in [2.75, 3.05) is 29.5 Å².